The fourth-order valence-corrected chi connectivity index (χ4v) is 3.23. The van der Waals surface area contributed by atoms with E-state index in [1.165, 1.54) is 16.8 Å². The summed E-state index contributed by atoms with van der Waals surface area (Å²) < 4.78 is 0. The summed E-state index contributed by atoms with van der Waals surface area (Å²) in [6.07, 6.45) is 2.18. The molecule has 1 atom stereocenters. The van der Waals surface area contributed by atoms with Crippen molar-refractivity contribution in [3.05, 3.63) is 59.2 Å². The second-order valence-corrected chi connectivity index (χ2v) is 6.44. The Hall–Kier alpha value is -2.29. The van der Waals surface area contributed by atoms with Crippen molar-refractivity contribution in [2.75, 3.05) is 16.8 Å². The molecule has 1 amide bonds. The molecule has 1 heterocycles. The van der Waals surface area contributed by atoms with Gasteiger partial charge < -0.3 is 10.2 Å². The summed E-state index contributed by atoms with van der Waals surface area (Å²) in [7, 11) is 0. The SMILES string of the molecule is Cc1cccc(NC(=O)CN2c3ccccc3CCC2C)c1C. The normalized spacial score (nSPS) is 16.8. The number of nitrogens with one attached hydrogen (secondary N) is 1. The molecular formula is C20H24N2O. The van der Waals surface area contributed by atoms with Crippen LogP contribution in [0.1, 0.15) is 30.0 Å². The Bertz CT molecular complexity index is 723. The van der Waals surface area contributed by atoms with E-state index >= 15 is 0 Å². The molecular weight excluding hydrogens is 284 g/mol. The summed E-state index contributed by atoms with van der Waals surface area (Å²) >= 11 is 0. The average molecular weight is 308 g/mol. The second kappa shape index (κ2) is 6.45. The van der Waals surface area contributed by atoms with Gasteiger partial charge in [0.05, 0.1) is 6.54 Å². The zero-order valence-electron chi connectivity index (χ0n) is 14.1. The first-order chi connectivity index (χ1) is 11.1. The monoisotopic (exact) mass is 308 g/mol. The number of anilines is 2. The number of para-hydroxylation sites is 1. The summed E-state index contributed by atoms with van der Waals surface area (Å²) in [5.41, 5.74) is 5.77. The van der Waals surface area contributed by atoms with Gasteiger partial charge in [0.15, 0.2) is 0 Å². The van der Waals surface area contributed by atoms with Crippen molar-refractivity contribution >= 4 is 17.3 Å². The number of aryl methyl sites for hydroxylation is 2. The lowest BCUT2D eigenvalue weighted by atomic mass is 9.96. The van der Waals surface area contributed by atoms with Crippen LogP contribution in [0, 0.1) is 13.8 Å². The van der Waals surface area contributed by atoms with Crippen molar-refractivity contribution in [3.63, 3.8) is 0 Å². The number of nitrogens with zero attached hydrogens (tertiary/aromatic N) is 1. The number of carbonyl (C=O) groups excluding carboxylic acids is 1. The number of carbonyl (C=O) groups is 1. The first-order valence-corrected chi connectivity index (χ1v) is 8.27. The van der Waals surface area contributed by atoms with Gasteiger partial charge in [-0.3, -0.25) is 4.79 Å². The lowest BCUT2D eigenvalue weighted by Crippen LogP contribution is -2.42. The molecule has 2 aromatic carbocycles. The Morgan fingerprint density at radius 1 is 1.17 bits per heavy atom. The molecule has 0 radical (unpaired) electrons. The van der Waals surface area contributed by atoms with Crippen molar-refractivity contribution in [2.24, 2.45) is 0 Å². The number of hydrogen-bond donors (Lipinski definition) is 1. The van der Waals surface area contributed by atoms with E-state index in [4.69, 9.17) is 0 Å². The summed E-state index contributed by atoms with van der Waals surface area (Å²) in [5.74, 6) is 0.0438. The topological polar surface area (TPSA) is 32.3 Å². The van der Waals surface area contributed by atoms with Crippen LogP contribution in [-0.4, -0.2) is 18.5 Å². The van der Waals surface area contributed by atoms with Gasteiger partial charge in [-0.1, -0.05) is 30.3 Å². The molecule has 1 N–H and O–H groups in total. The number of benzene rings is 2. The summed E-state index contributed by atoms with van der Waals surface area (Å²) in [6.45, 7) is 6.70. The van der Waals surface area contributed by atoms with Crippen molar-refractivity contribution in [2.45, 2.75) is 39.7 Å². The minimum atomic E-state index is 0.0438. The molecule has 0 aliphatic carbocycles. The Morgan fingerprint density at radius 3 is 2.78 bits per heavy atom. The maximum absolute atomic E-state index is 12.5. The van der Waals surface area contributed by atoms with Crippen LogP contribution < -0.4 is 10.2 Å². The van der Waals surface area contributed by atoms with Crippen LogP contribution in [0.25, 0.3) is 0 Å². The standard InChI is InChI=1S/C20H24N2O/c1-14-7-6-9-18(16(14)3)21-20(23)13-22-15(2)11-12-17-8-4-5-10-19(17)22/h4-10,15H,11-13H2,1-3H3,(H,21,23). The number of hydrogen-bond acceptors (Lipinski definition) is 2. The lowest BCUT2D eigenvalue weighted by molar-refractivity contribution is -0.115. The molecule has 120 valence electrons. The maximum atomic E-state index is 12.5. The van der Waals surface area contributed by atoms with Gasteiger partial charge in [-0.2, -0.15) is 0 Å². The fourth-order valence-electron chi connectivity index (χ4n) is 3.23. The van der Waals surface area contributed by atoms with Gasteiger partial charge in [0, 0.05) is 17.4 Å². The molecule has 1 aliphatic heterocycles. The van der Waals surface area contributed by atoms with Crippen LogP contribution >= 0.6 is 0 Å². The summed E-state index contributed by atoms with van der Waals surface area (Å²) in [5, 5.41) is 3.07. The highest BCUT2D eigenvalue weighted by atomic mass is 16.2. The van der Waals surface area contributed by atoms with Gasteiger partial charge in [0.1, 0.15) is 0 Å². The van der Waals surface area contributed by atoms with E-state index in [0.29, 0.717) is 12.6 Å². The van der Waals surface area contributed by atoms with E-state index in [-0.39, 0.29) is 5.91 Å². The lowest BCUT2D eigenvalue weighted by Gasteiger charge is -2.36. The van der Waals surface area contributed by atoms with Crippen LogP contribution in [0.2, 0.25) is 0 Å². The van der Waals surface area contributed by atoms with Gasteiger partial charge in [-0.25, -0.2) is 0 Å². The van der Waals surface area contributed by atoms with Crippen LogP contribution in [0.3, 0.4) is 0 Å². The molecule has 2 aromatic rings. The highest BCUT2D eigenvalue weighted by Crippen LogP contribution is 2.30. The Morgan fingerprint density at radius 2 is 1.96 bits per heavy atom. The molecule has 0 aromatic heterocycles. The van der Waals surface area contributed by atoms with E-state index in [1.54, 1.807) is 0 Å². The quantitative estimate of drug-likeness (QED) is 0.926. The third-order valence-electron chi connectivity index (χ3n) is 4.86. The number of rotatable bonds is 3. The molecule has 0 saturated carbocycles. The zero-order valence-corrected chi connectivity index (χ0v) is 14.1. The van der Waals surface area contributed by atoms with E-state index in [1.807, 2.05) is 25.1 Å². The Labute approximate surface area is 138 Å². The molecule has 3 heteroatoms. The molecule has 23 heavy (non-hydrogen) atoms. The predicted octanol–water partition coefficient (Wildman–Crippen LogP) is 4.08. The third kappa shape index (κ3) is 3.24. The van der Waals surface area contributed by atoms with E-state index in [9.17, 15) is 4.79 Å². The van der Waals surface area contributed by atoms with Crippen molar-refractivity contribution in [1.29, 1.82) is 0 Å². The molecule has 3 rings (SSSR count). The molecule has 0 spiro atoms. The van der Waals surface area contributed by atoms with Gasteiger partial charge in [-0.05, 0) is 62.4 Å². The van der Waals surface area contributed by atoms with E-state index < -0.39 is 0 Å². The predicted molar refractivity (Wildman–Crippen MR) is 96.1 cm³/mol. The van der Waals surface area contributed by atoms with Crippen LogP contribution in [0.15, 0.2) is 42.5 Å². The Kier molecular flexibility index (Phi) is 4.37. The van der Waals surface area contributed by atoms with Gasteiger partial charge in [0.25, 0.3) is 0 Å². The molecule has 1 unspecified atom stereocenters. The second-order valence-electron chi connectivity index (χ2n) is 6.44. The maximum Gasteiger partial charge on any atom is 0.243 e. The summed E-state index contributed by atoms with van der Waals surface area (Å²) in [4.78, 5) is 14.8. The molecule has 0 bridgehead atoms. The highest BCUT2D eigenvalue weighted by molar-refractivity contribution is 5.95. The highest BCUT2D eigenvalue weighted by Gasteiger charge is 2.24. The van der Waals surface area contributed by atoms with Crippen molar-refractivity contribution in [3.8, 4) is 0 Å². The first kappa shape index (κ1) is 15.6. The summed E-state index contributed by atoms with van der Waals surface area (Å²) in [6, 6.07) is 14.8. The van der Waals surface area contributed by atoms with Crippen LogP contribution in [0.5, 0.6) is 0 Å². The van der Waals surface area contributed by atoms with Gasteiger partial charge in [0.2, 0.25) is 5.91 Å². The van der Waals surface area contributed by atoms with Crippen LogP contribution in [-0.2, 0) is 11.2 Å². The smallest absolute Gasteiger partial charge is 0.243 e. The fraction of sp³-hybridized carbons (Fsp3) is 0.350. The van der Waals surface area contributed by atoms with Crippen molar-refractivity contribution < 1.29 is 4.79 Å². The minimum absolute atomic E-state index is 0.0438. The first-order valence-electron chi connectivity index (χ1n) is 8.27. The van der Waals surface area contributed by atoms with Crippen molar-refractivity contribution in [1.82, 2.24) is 0 Å². The zero-order chi connectivity index (χ0) is 16.4. The Balaban J connectivity index is 1.76. The largest absolute Gasteiger partial charge is 0.359 e. The molecule has 0 fully saturated rings. The van der Waals surface area contributed by atoms with E-state index in [2.05, 4.69) is 48.3 Å². The minimum Gasteiger partial charge on any atom is -0.359 e. The number of amides is 1. The van der Waals surface area contributed by atoms with Gasteiger partial charge >= 0.3 is 0 Å². The van der Waals surface area contributed by atoms with E-state index in [0.717, 1.165) is 24.1 Å². The van der Waals surface area contributed by atoms with Crippen LogP contribution in [0.4, 0.5) is 11.4 Å². The number of fused-ring (bicyclic) bond motifs is 1. The average Bonchev–Trinajstić information content (AvgIpc) is 2.54. The molecule has 0 saturated heterocycles. The molecule has 3 nitrogen and oxygen atoms in total. The molecule has 1 aliphatic rings. The third-order valence-corrected chi connectivity index (χ3v) is 4.86. The van der Waals surface area contributed by atoms with Gasteiger partial charge in [-0.15, -0.1) is 0 Å².